The highest BCUT2D eigenvalue weighted by Gasteiger charge is 2.30. The summed E-state index contributed by atoms with van der Waals surface area (Å²) >= 11 is 1.38. The van der Waals surface area contributed by atoms with Gasteiger partial charge in [-0.05, 0) is 61.7 Å². The highest BCUT2D eigenvalue weighted by Crippen LogP contribution is 2.32. The third-order valence-electron chi connectivity index (χ3n) is 5.25. The van der Waals surface area contributed by atoms with Crippen molar-refractivity contribution < 1.29 is 32.2 Å². The molecule has 0 bridgehead atoms. The van der Waals surface area contributed by atoms with Crippen LogP contribution in [-0.2, 0) is 29.4 Å². The summed E-state index contributed by atoms with van der Waals surface area (Å²) in [4.78, 5) is 24.4. The van der Waals surface area contributed by atoms with Crippen LogP contribution in [0.5, 0.6) is 17.2 Å². The third kappa shape index (κ3) is 8.01. The number of imidazole rings is 1. The van der Waals surface area contributed by atoms with Crippen molar-refractivity contribution in [1.82, 2.24) is 14.9 Å². The van der Waals surface area contributed by atoms with Crippen molar-refractivity contribution in [3.8, 4) is 17.2 Å². The van der Waals surface area contributed by atoms with Gasteiger partial charge in [0.2, 0.25) is 12.3 Å². The molecule has 38 heavy (non-hydrogen) atoms. The number of halogens is 3. The van der Waals surface area contributed by atoms with Gasteiger partial charge in [0.15, 0.2) is 0 Å². The van der Waals surface area contributed by atoms with Crippen LogP contribution in [0.3, 0.4) is 0 Å². The van der Waals surface area contributed by atoms with E-state index in [2.05, 4.69) is 4.98 Å². The molecule has 3 aromatic carbocycles. The molecule has 0 spiro atoms. The van der Waals surface area contributed by atoms with Gasteiger partial charge < -0.3 is 14.0 Å². The highest BCUT2D eigenvalue weighted by molar-refractivity contribution is 7.99. The number of carbonyl (C=O) groups excluding carboxylic acids is 2. The Morgan fingerprint density at radius 2 is 1.66 bits per heavy atom. The first kappa shape index (κ1) is 28.6. The number of amides is 2. The van der Waals surface area contributed by atoms with E-state index >= 15 is 0 Å². The largest absolute Gasteiger partial charge is 0.486 e. The van der Waals surface area contributed by atoms with Gasteiger partial charge in [0.1, 0.15) is 29.7 Å². The number of fused-ring (bicyclic) bond motifs is 1. The molecule has 4 aromatic rings. The fraction of sp³-hybridized carbons (Fsp3) is 0.222. The lowest BCUT2D eigenvalue weighted by molar-refractivity contribution is -0.137. The molecule has 2 amide bonds. The lowest BCUT2D eigenvalue weighted by Gasteiger charge is -2.09. The second-order valence-corrected chi connectivity index (χ2v) is 8.95. The van der Waals surface area contributed by atoms with E-state index in [0.29, 0.717) is 30.3 Å². The van der Waals surface area contributed by atoms with E-state index in [-0.39, 0.29) is 5.91 Å². The average Bonchev–Trinajstić information content (AvgIpc) is 3.19. The van der Waals surface area contributed by atoms with Gasteiger partial charge in [-0.15, -0.1) is 0 Å². The van der Waals surface area contributed by atoms with E-state index in [0.717, 1.165) is 40.3 Å². The van der Waals surface area contributed by atoms with E-state index in [1.54, 1.807) is 18.4 Å². The summed E-state index contributed by atoms with van der Waals surface area (Å²) in [6.07, 6.45) is -2.19. The number of hydrogen-bond donors (Lipinski definition) is 1. The molecule has 4 rings (SSSR count). The molecule has 0 radical (unpaired) electrons. The second-order valence-electron chi connectivity index (χ2n) is 8.08. The predicted molar refractivity (Wildman–Crippen MR) is 140 cm³/mol. The van der Waals surface area contributed by atoms with E-state index in [4.69, 9.17) is 9.47 Å². The monoisotopic (exact) mass is 545 g/mol. The molecular weight excluding hydrogens is 519 g/mol. The van der Waals surface area contributed by atoms with Gasteiger partial charge in [-0.2, -0.15) is 24.9 Å². The summed E-state index contributed by atoms with van der Waals surface area (Å²) < 4.78 is 51.5. The zero-order valence-corrected chi connectivity index (χ0v) is 21.7. The van der Waals surface area contributed by atoms with Crippen molar-refractivity contribution in [3.63, 3.8) is 0 Å². The first-order chi connectivity index (χ1) is 18.1. The molecular formula is C27H26F3N3O4S. The van der Waals surface area contributed by atoms with Crippen LogP contribution < -0.4 is 14.8 Å². The van der Waals surface area contributed by atoms with Gasteiger partial charge in [-0.3, -0.25) is 14.9 Å². The lowest BCUT2D eigenvalue weighted by Crippen LogP contribution is -2.22. The number of imide groups is 1. The Morgan fingerprint density at radius 3 is 2.26 bits per heavy atom. The molecule has 0 atom stereocenters. The van der Waals surface area contributed by atoms with E-state index < -0.39 is 11.7 Å². The number of thioether (sulfide) groups is 1. The number of carbonyl (C=O) groups is 2. The van der Waals surface area contributed by atoms with Gasteiger partial charge in [-0.25, -0.2) is 4.98 Å². The predicted octanol–water partition coefficient (Wildman–Crippen LogP) is 5.89. The molecule has 0 unspecified atom stereocenters. The van der Waals surface area contributed by atoms with Crippen LogP contribution in [0.1, 0.15) is 17.0 Å². The zero-order chi connectivity index (χ0) is 27.7. The van der Waals surface area contributed by atoms with Crippen molar-refractivity contribution in [3.05, 3.63) is 83.7 Å². The fourth-order valence-electron chi connectivity index (χ4n) is 3.28. The molecule has 0 aliphatic carbocycles. The first-order valence-corrected chi connectivity index (χ1v) is 12.7. The number of benzene rings is 3. The normalized spacial score (nSPS) is 10.9. The van der Waals surface area contributed by atoms with Crippen molar-refractivity contribution in [2.45, 2.75) is 19.7 Å². The van der Waals surface area contributed by atoms with Gasteiger partial charge in [0.05, 0.1) is 22.3 Å². The Balaban J connectivity index is 0.000000436. The molecule has 0 aliphatic heterocycles. The fourth-order valence-corrected chi connectivity index (χ4v) is 3.63. The van der Waals surface area contributed by atoms with Gasteiger partial charge in [-0.1, -0.05) is 17.7 Å². The van der Waals surface area contributed by atoms with Crippen LogP contribution in [0, 0.1) is 6.92 Å². The number of rotatable bonds is 8. The number of nitrogens with zero attached hydrogens (tertiary/aromatic N) is 2. The Hall–Kier alpha value is -3.99. The molecule has 0 aliphatic rings. The molecule has 7 nitrogen and oxygen atoms in total. The number of alkyl halides is 3. The van der Waals surface area contributed by atoms with E-state index in [1.165, 1.54) is 23.9 Å². The van der Waals surface area contributed by atoms with E-state index in [9.17, 15) is 22.8 Å². The molecule has 1 aromatic heterocycles. The maximum Gasteiger partial charge on any atom is 0.416 e. The SMILES string of the molecule is CSCC(=O)NC=O.Cc1ccc(OCc2nc3ccc(Oc4ccc(C(F)(F)F)cc4)cc3n2C)cc1. The summed E-state index contributed by atoms with van der Waals surface area (Å²) in [5.74, 6) is 2.45. The Morgan fingerprint density at radius 1 is 1.03 bits per heavy atom. The number of nitrogens with one attached hydrogen (secondary N) is 1. The van der Waals surface area contributed by atoms with Crippen molar-refractivity contribution in [1.29, 1.82) is 0 Å². The second kappa shape index (κ2) is 13.0. The Kier molecular flexibility index (Phi) is 9.78. The zero-order valence-electron chi connectivity index (χ0n) is 20.9. The number of aromatic nitrogens is 2. The lowest BCUT2D eigenvalue weighted by atomic mass is 10.2. The molecule has 1 heterocycles. The van der Waals surface area contributed by atoms with Crippen LogP contribution in [0.25, 0.3) is 11.0 Å². The van der Waals surface area contributed by atoms with Crippen molar-refractivity contribution in [2.75, 3.05) is 12.0 Å². The van der Waals surface area contributed by atoms with Crippen LogP contribution >= 0.6 is 11.8 Å². The molecule has 0 saturated carbocycles. The number of aryl methyl sites for hydroxylation is 2. The summed E-state index contributed by atoms with van der Waals surface area (Å²) in [7, 11) is 1.88. The maximum atomic E-state index is 12.7. The van der Waals surface area contributed by atoms with E-state index in [1.807, 2.05) is 54.2 Å². The first-order valence-electron chi connectivity index (χ1n) is 11.3. The smallest absolute Gasteiger partial charge is 0.416 e. The molecule has 1 N–H and O–H groups in total. The van der Waals surface area contributed by atoms with Gasteiger partial charge in [0.25, 0.3) is 0 Å². The summed E-state index contributed by atoms with van der Waals surface area (Å²) in [5.41, 5.74) is 2.06. The third-order valence-corrected chi connectivity index (χ3v) is 5.80. The summed E-state index contributed by atoms with van der Waals surface area (Å²) in [6.45, 7) is 2.32. The minimum absolute atomic E-state index is 0.243. The summed E-state index contributed by atoms with van der Waals surface area (Å²) in [6, 6.07) is 17.7. The van der Waals surface area contributed by atoms with Gasteiger partial charge in [0, 0.05) is 13.1 Å². The summed E-state index contributed by atoms with van der Waals surface area (Å²) in [5, 5.41) is 2.01. The van der Waals surface area contributed by atoms with Crippen LogP contribution in [0.2, 0.25) is 0 Å². The van der Waals surface area contributed by atoms with Crippen molar-refractivity contribution in [2.24, 2.45) is 7.05 Å². The maximum absolute atomic E-state index is 12.7. The minimum Gasteiger partial charge on any atom is -0.486 e. The molecule has 0 fully saturated rings. The Labute approximate surface area is 222 Å². The number of hydrogen-bond acceptors (Lipinski definition) is 6. The Bertz CT molecular complexity index is 1370. The van der Waals surface area contributed by atoms with Gasteiger partial charge >= 0.3 is 6.18 Å². The van der Waals surface area contributed by atoms with Crippen LogP contribution in [0.15, 0.2) is 66.7 Å². The standard InChI is InChI=1S/C23H19F3N2O2.C4H7NO2S/c1-15-3-7-17(8-4-15)29-14-22-27-20-12-11-19(13-21(20)28(22)2)30-18-9-5-16(6-10-18)23(24,25)26;1-8-2-4(7)5-3-6/h3-13H,14H2,1-2H3;3H,2H2,1H3,(H,5,6,7). The molecule has 0 saturated heterocycles. The van der Waals surface area contributed by atoms with Crippen LogP contribution in [0.4, 0.5) is 13.2 Å². The average molecular weight is 546 g/mol. The van der Waals surface area contributed by atoms with Crippen LogP contribution in [-0.4, -0.2) is 33.9 Å². The minimum atomic E-state index is -4.37. The molecule has 200 valence electrons. The topological polar surface area (TPSA) is 82.5 Å². The molecule has 11 heteroatoms. The number of ether oxygens (including phenoxy) is 2. The van der Waals surface area contributed by atoms with Crippen molar-refractivity contribution >= 4 is 35.1 Å². The highest BCUT2D eigenvalue weighted by atomic mass is 32.2. The quantitative estimate of drug-likeness (QED) is 0.278.